The van der Waals surface area contributed by atoms with Crippen LogP contribution >= 0.6 is 11.6 Å². The third-order valence-electron chi connectivity index (χ3n) is 3.51. The van der Waals surface area contributed by atoms with Gasteiger partial charge in [-0.1, -0.05) is 17.7 Å². The first-order chi connectivity index (χ1) is 11.5. The maximum absolute atomic E-state index is 13.0. The molecule has 0 spiro atoms. The molecular formula is C17H16ClFN2O3. The number of halogens is 2. The molecule has 1 N–H and O–H groups in total. The van der Waals surface area contributed by atoms with Crippen LogP contribution in [0.3, 0.4) is 0 Å². The zero-order valence-electron chi connectivity index (χ0n) is 13.0. The van der Waals surface area contributed by atoms with E-state index in [4.69, 9.17) is 21.1 Å². The third-order valence-corrected chi connectivity index (χ3v) is 3.82. The van der Waals surface area contributed by atoms with Crippen LogP contribution in [0.15, 0.2) is 36.4 Å². The summed E-state index contributed by atoms with van der Waals surface area (Å²) in [6.45, 7) is 0.971. The molecular weight excluding hydrogens is 335 g/mol. The molecule has 1 aliphatic heterocycles. The second kappa shape index (κ2) is 7.07. The van der Waals surface area contributed by atoms with Gasteiger partial charge in [-0.25, -0.2) is 4.39 Å². The lowest BCUT2D eigenvalue weighted by molar-refractivity contribution is -0.117. The first-order valence-electron chi connectivity index (χ1n) is 7.33. The van der Waals surface area contributed by atoms with Crippen LogP contribution in [0.2, 0.25) is 5.02 Å². The monoisotopic (exact) mass is 350 g/mol. The van der Waals surface area contributed by atoms with E-state index in [1.165, 1.54) is 12.1 Å². The zero-order valence-corrected chi connectivity index (χ0v) is 13.8. The minimum atomic E-state index is -0.446. The first kappa shape index (κ1) is 16.5. The van der Waals surface area contributed by atoms with Crippen molar-refractivity contribution in [3.8, 4) is 11.5 Å². The highest BCUT2D eigenvalue weighted by atomic mass is 35.5. The number of carbonyl (C=O) groups is 1. The van der Waals surface area contributed by atoms with E-state index in [1.807, 2.05) is 30.1 Å². The van der Waals surface area contributed by atoms with Crippen molar-refractivity contribution >= 4 is 23.2 Å². The van der Waals surface area contributed by atoms with Crippen LogP contribution in [0, 0.1) is 5.82 Å². The average Bonchev–Trinajstić information content (AvgIpc) is 2.97. The van der Waals surface area contributed by atoms with Gasteiger partial charge in [0.05, 0.1) is 17.3 Å². The molecule has 1 amide bonds. The van der Waals surface area contributed by atoms with Gasteiger partial charge < -0.3 is 14.8 Å². The number of hydrogen-bond acceptors (Lipinski definition) is 4. The van der Waals surface area contributed by atoms with Gasteiger partial charge in [-0.3, -0.25) is 9.69 Å². The number of fused-ring (bicyclic) bond motifs is 1. The molecule has 5 nitrogen and oxygen atoms in total. The second-order valence-electron chi connectivity index (χ2n) is 5.53. The lowest BCUT2D eigenvalue weighted by Gasteiger charge is -2.17. The molecule has 3 rings (SSSR count). The van der Waals surface area contributed by atoms with Gasteiger partial charge in [0.2, 0.25) is 12.7 Å². The lowest BCUT2D eigenvalue weighted by atomic mass is 10.2. The van der Waals surface area contributed by atoms with Crippen molar-refractivity contribution < 1.29 is 18.7 Å². The second-order valence-corrected chi connectivity index (χ2v) is 5.94. The number of benzene rings is 2. The minimum Gasteiger partial charge on any atom is -0.454 e. The van der Waals surface area contributed by atoms with Crippen molar-refractivity contribution in [1.29, 1.82) is 0 Å². The van der Waals surface area contributed by atoms with Crippen LogP contribution in [0.4, 0.5) is 10.1 Å². The molecule has 0 unspecified atom stereocenters. The zero-order chi connectivity index (χ0) is 17.1. The summed E-state index contributed by atoms with van der Waals surface area (Å²) in [5.41, 5.74) is 1.40. The number of likely N-dealkylation sites (N-methyl/N-ethyl adjacent to an activating group) is 1. The molecule has 0 bridgehead atoms. The Morgan fingerprint density at radius 2 is 2.04 bits per heavy atom. The Morgan fingerprint density at radius 1 is 1.25 bits per heavy atom. The normalized spacial score (nSPS) is 12.5. The van der Waals surface area contributed by atoms with Gasteiger partial charge in [-0.15, -0.1) is 0 Å². The van der Waals surface area contributed by atoms with Crippen molar-refractivity contribution in [2.75, 3.05) is 25.7 Å². The van der Waals surface area contributed by atoms with Gasteiger partial charge >= 0.3 is 0 Å². The Hall–Kier alpha value is -2.31. The number of amides is 1. The molecule has 0 fully saturated rings. The molecule has 1 heterocycles. The van der Waals surface area contributed by atoms with Crippen LogP contribution in [-0.4, -0.2) is 31.2 Å². The largest absolute Gasteiger partial charge is 0.454 e. The van der Waals surface area contributed by atoms with E-state index in [1.54, 1.807) is 0 Å². The van der Waals surface area contributed by atoms with Gasteiger partial charge in [-0.2, -0.15) is 0 Å². The summed E-state index contributed by atoms with van der Waals surface area (Å²) in [6, 6.07) is 9.52. The van der Waals surface area contributed by atoms with E-state index < -0.39 is 5.82 Å². The number of hydrogen-bond donors (Lipinski definition) is 1. The fourth-order valence-electron chi connectivity index (χ4n) is 2.43. The van der Waals surface area contributed by atoms with Crippen molar-refractivity contribution in [1.82, 2.24) is 4.90 Å². The molecule has 126 valence electrons. The summed E-state index contributed by atoms with van der Waals surface area (Å²) in [5.74, 6) is 0.762. The quantitative estimate of drug-likeness (QED) is 0.899. The summed E-state index contributed by atoms with van der Waals surface area (Å²) in [4.78, 5) is 13.9. The Kier molecular flexibility index (Phi) is 4.87. The minimum absolute atomic E-state index is 0.168. The molecule has 7 heteroatoms. The molecule has 0 radical (unpaired) electrons. The Labute approximate surface area is 143 Å². The van der Waals surface area contributed by atoms with Crippen molar-refractivity contribution in [2.45, 2.75) is 6.54 Å². The number of nitrogens with zero attached hydrogens (tertiary/aromatic N) is 1. The predicted octanol–water partition coefficient (Wildman–Crippen LogP) is 3.28. The number of nitrogens with one attached hydrogen (secondary N) is 1. The molecule has 24 heavy (non-hydrogen) atoms. The van der Waals surface area contributed by atoms with Gasteiger partial charge in [-0.05, 0) is 42.9 Å². The smallest absolute Gasteiger partial charge is 0.238 e. The molecule has 0 aromatic heterocycles. The number of anilines is 1. The fourth-order valence-corrected chi connectivity index (χ4v) is 2.65. The van der Waals surface area contributed by atoms with Gasteiger partial charge in [0, 0.05) is 6.54 Å². The highest BCUT2D eigenvalue weighted by Gasteiger charge is 2.15. The standard InChI is InChI=1S/C17H16ClFN2O3/c1-21(8-11-2-5-15-16(6-11)24-10-23-15)9-17(22)20-14-4-3-12(19)7-13(14)18/h2-7H,8-10H2,1H3,(H,20,22). The van der Waals surface area contributed by atoms with E-state index in [-0.39, 0.29) is 24.3 Å². The third kappa shape index (κ3) is 3.96. The van der Waals surface area contributed by atoms with Crippen molar-refractivity contribution in [3.05, 3.63) is 52.8 Å². The SMILES string of the molecule is CN(CC(=O)Nc1ccc(F)cc1Cl)Cc1ccc2c(c1)OCO2. The Bertz CT molecular complexity index is 769. The topological polar surface area (TPSA) is 50.8 Å². The lowest BCUT2D eigenvalue weighted by Crippen LogP contribution is -2.29. The maximum atomic E-state index is 13.0. The summed E-state index contributed by atoms with van der Waals surface area (Å²) in [5, 5.41) is 2.84. The molecule has 1 aliphatic rings. The molecule has 0 aliphatic carbocycles. The number of carbonyl (C=O) groups excluding carboxylic acids is 1. The molecule has 0 saturated carbocycles. The van der Waals surface area contributed by atoms with E-state index in [2.05, 4.69) is 5.32 Å². The van der Waals surface area contributed by atoms with Crippen LogP contribution in [0.1, 0.15) is 5.56 Å². The average molecular weight is 351 g/mol. The van der Waals surface area contributed by atoms with Crippen molar-refractivity contribution in [3.63, 3.8) is 0 Å². The summed E-state index contributed by atoms with van der Waals surface area (Å²) in [7, 11) is 1.83. The fraction of sp³-hybridized carbons (Fsp3) is 0.235. The van der Waals surface area contributed by atoms with Crippen LogP contribution in [0.25, 0.3) is 0 Å². The molecule has 2 aromatic carbocycles. The first-order valence-corrected chi connectivity index (χ1v) is 7.71. The van der Waals surface area contributed by atoms with Gasteiger partial charge in [0.25, 0.3) is 0 Å². The van der Waals surface area contributed by atoms with Gasteiger partial charge in [0.1, 0.15) is 5.82 Å². The van der Waals surface area contributed by atoms with E-state index in [9.17, 15) is 9.18 Å². The van der Waals surface area contributed by atoms with Crippen LogP contribution < -0.4 is 14.8 Å². The Morgan fingerprint density at radius 3 is 2.83 bits per heavy atom. The highest BCUT2D eigenvalue weighted by molar-refractivity contribution is 6.33. The molecule has 0 atom stereocenters. The highest BCUT2D eigenvalue weighted by Crippen LogP contribution is 2.32. The molecule has 0 saturated heterocycles. The Balaban J connectivity index is 1.56. The summed E-state index contributed by atoms with van der Waals surface area (Å²) >= 11 is 5.90. The van der Waals surface area contributed by atoms with Crippen molar-refractivity contribution in [2.24, 2.45) is 0 Å². The maximum Gasteiger partial charge on any atom is 0.238 e. The van der Waals surface area contributed by atoms with Gasteiger partial charge in [0.15, 0.2) is 11.5 Å². The summed E-state index contributed by atoms with van der Waals surface area (Å²) in [6.07, 6.45) is 0. The van der Waals surface area contributed by atoms with E-state index in [0.29, 0.717) is 18.0 Å². The number of rotatable bonds is 5. The van der Waals surface area contributed by atoms with Crippen LogP contribution in [0.5, 0.6) is 11.5 Å². The van der Waals surface area contributed by atoms with Crippen LogP contribution in [-0.2, 0) is 11.3 Å². The van der Waals surface area contributed by atoms with E-state index in [0.717, 1.165) is 17.4 Å². The number of ether oxygens (including phenoxy) is 2. The van der Waals surface area contributed by atoms with E-state index >= 15 is 0 Å². The summed E-state index contributed by atoms with van der Waals surface area (Å²) < 4.78 is 23.6. The predicted molar refractivity (Wildman–Crippen MR) is 88.9 cm³/mol. The molecule has 2 aromatic rings.